The topological polar surface area (TPSA) is 128 Å². The van der Waals surface area contributed by atoms with Gasteiger partial charge >= 0.3 is 0 Å². The van der Waals surface area contributed by atoms with Crippen LogP contribution in [0.3, 0.4) is 0 Å². The van der Waals surface area contributed by atoms with Crippen molar-refractivity contribution in [2.75, 3.05) is 5.73 Å². The zero-order valence-electron chi connectivity index (χ0n) is 11.3. The number of halogens is 2. The molecule has 4 N–H and O–H groups in total. The van der Waals surface area contributed by atoms with Crippen LogP contribution in [-0.4, -0.2) is 15.0 Å². The van der Waals surface area contributed by atoms with E-state index in [0.717, 1.165) is 0 Å². The van der Waals surface area contributed by atoms with Gasteiger partial charge in [0.2, 0.25) is 5.95 Å². The first-order valence-electron chi connectivity index (χ1n) is 6.23. The fourth-order valence-corrected chi connectivity index (χ4v) is 2.79. The summed E-state index contributed by atoms with van der Waals surface area (Å²) >= 11 is 12.0. The molecule has 1 aromatic carbocycles. The van der Waals surface area contributed by atoms with Gasteiger partial charge in [0.25, 0.3) is 11.1 Å². The summed E-state index contributed by atoms with van der Waals surface area (Å²) in [5.41, 5.74) is 4.32. The number of nitriles is 1. The van der Waals surface area contributed by atoms with Crippen LogP contribution < -0.4 is 16.9 Å². The van der Waals surface area contributed by atoms with Crippen LogP contribution in [0.5, 0.6) is 0 Å². The Morgan fingerprint density at radius 3 is 2.57 bits per heavy atom. The molecule has 0 spiro atoms. The Bertz CT molecular complexity index is 1110. The number of aromatic amines is 2. The molecule has 0 fully saturated rings. The number of hydrogen-bond acceptors (Lipinski definition) is 5. The fraction of sp³-hybridized carbons (Fsp3) is 0. The maximum absolute atomic E-state index is 12.3. The minimum absolute atomic E-state index is 0.0135. The van der Waals surface area contributed by atoms with E-state index >= 15 is 0 Å². The van der Waals surface area contributed by atoms with Crippen LogP contribution in [0.25, 0.3) is 22.2 Å². The number of nitrogens with one attached hydrogen (secondary N) is 2. The van der Waals surface area contributed by atoms with Crippen LogP contribution >= 0.6 is 23.2 Å². The molecule has 0 saturated carbocycles. The van der Waals surface area contributed by atoms with Crippen molar-refractivity contribution in [1.29, 1.82) is 5.26 Å². The molecule has 0 atom stereocenters. The highest BCUT2D eigenvalue weighted by Crippen LogP contribution is 2.34. The quantitative estimate of drug-likeness (QED) is 0.620. The van der Waals surface area contributed by atoms with Crippen LogP contribution in [0.1, 0.15) is 5.56 Å². The van der Waals surface area contributed by atoms with Crippen molar-refractivity contribution in [2.45, 2.75) is 0 Å². The van der Waals surface area contributed by atoms with E-state index in [2.05, 4.69) is 15.0 Å². The summed E-state index contributed by atoms with van der Waals surface area (Å²) in [5.74, 6) is -0.156. The molecule has 3 aromatic rings. The summed E-state index contributed by atoms with van der Waals surface area (Å²) < 4.78 is 0. The van der Waals surface area contributed by atoms with Gasteiger partial charge in [-0.1, -0.05) is 29.3 Å². The average molecular weight is 348 g/mol. The first-order valence-corrected chi connectivity index (χ1v) is 6.99. The molecule has 0 aliphatic heterocycles. The van der Waals surface area contributed by atoms with E-state index in [1.54, 1.807) is 6.07 Å². The Kier molecular flexibility index (Phi) is 3.56. The first-order chi connectivity index (χ1) is 10.9. The van der Waals surface area contributed by atoms with Crippen molar-refractivity contribution < 1.29 is 0 Å². The van der Waals surface area contributed by atoms with Crippen LogP contribution in [0, 0.1) is 11.3 Å². The second-order valence-electron chi connectivity index (χ2n) is 4.61. The van der Waals surface area contributed by atoms with E-state index in [4.69, 9.17) is 28.9 Å². The fourth-order valence-electron chi connectivity index (χ4n) is 2.29. The molecule has 3 rings (SSSR count). The predicted molar refractivity (Wildman–Crippen MR) is 87.6 cm³/mol. The number of nitrogen functional groups attached to an aromatic ring is 1. The summed E-state index contributed by atoms with van der Waals surface area (Å²) in [6.45, 7) is 0. The van der Waals surface area contributed by atoms with Gasteiger partial charge < -0.3 is 10.7 Å². The molecule has 7 nitrogen and oxygen atoms in total. The predicted octanol–water partition coefficient (Wildman–Crippen LogP) is 2.04. The molecule has 0 aliphatic carbocycles. The van der Waals surface area contributed by atoms with Crippen molar-refractivity contribution in [3.05, 3.63) is 54.5 Å². The van der Waals surface area contributed by atoms with E-state index < -0.39 is 11.1 Å². The van der Waals surface area contributed by atoms with E-state index in [1.165, 1.54) is 18.2 Å². The second-order valence-corrected chi connectivity index (χ2v) is 5.46. The molecule has 114 valence electrons. The van der Waals surface area contributed by atoms with Crippen LogP contribution in [0.4, 0.5) is 5.95 Å². The highest BCUT2D eigenvalue weighted by molar-refractivity contribution is 6.36. The molecular weight excluding hydrogens is 341 g/mol. The third-order valence-corrected chi connectivity index (χ3v) is 3.76. The summed E-state index contributed by atoms with van der Waals surface area (Å²) in [4.78, 5) is 33.0. The lowest BCUT2D eigenvalue weighted by Gasteiger charge is -2.10. The monoisotopic (exact) mass is 347 g/mol. The van der Waals surface area contributed by atoms with E-state index in [0.29, 0.717) is 10.6 Å². The number of hydrogen-bond donors (Lipinski definition) is 3. The second kappa shape index (κ2) is 5.43. The van der Waals surface area contributed by atoms with Gasteiger partial charge in [0.15, 0.2) is 0 Å². The van der Waals surface area contributed by atoms with Gasteiger partial charge in [-0.15, -0.1) is 0 Å². The highest BCUT2D eigenvalue weighted by Gasteiger charge is 2.20. The number of anilines is 1. The summed E-state index contributed by atoms with van der Waals surface area (Å²) in [6.07, 6.45) is 0. The van der Waals surface area contributed by atoms with Crippen LogP contribution in [0.2, 0.25) is 10.0 Å². The summed E-state index contributed by atoms with van der Waals surface area (Å²) in [7, 11) is 0. The number of pyridine rings is 1. The van der Waals surface area contributed by atoms with Gasteiger partial charge in [0.05, 0.1) is 5.39 Å². The molecule has 0 radical (unpaired) electrons. The van der Waals surface area contributed by atoms with Crippen molar-refractivity contribution in [2.24, 2.45) is 0 Å². The smallest absolute Gasteiger partial charge is 0.268 e. The molecule has 9 heteroatoms. The minimum Gasteiger partial charge on any atom is -0.369 e. The van der Waals surface area contributed by atoms with Crippen LogP contribution in [-0.2, 0) is 0 Å². The van der Waals surface area contributed by atoms with Gasteiger partial charge in [-0.2, -0.15) is 10.2 Å². The van der Waals surface area contributed by atoms with Gasteiger partial charge in [0, 0.05) is 21.2 Å². The lowest BCUT2D eigenvalue weighted by atomic mass is 9.98. The molecule has 0 saturated heterocycles. The molecule has 0 aliphatic rings. The van der Waals surface area contributed by atoms with E-state index in [9.17, 15) is 14.9 Å². The van der Waals surface area contributed by atoms with E-state index in [1.807, 2.05) is 0 Å². The van der Waals surface area contributed by atoms with Gasteiger partial charge in [-0.25, -0.2) is 0 Å². The Morgan fingerprint density at radius 1 is 1.17 bits per heavy atom. The highest BCUT2D eigenvalue weighted by atomic mass is 35.5. The molecule has 2 heterocycles. The summed E-state index contributed by atoms with van der Waals surface area (Å²) in [6, 6.07) is 6.30. The third kappa shape index (κ3) is 2.44. The lowest BCUT2D eigenvalue weighted by molar-refractivity contribution is 1.14. The minimum atomic E-state index is -0.696. The normalized spacial score (nSPS) is 10.7. The molecule has 0 amide bonds. The molecule has 2 aromatic heterocycles. The Balaban J connectivity index is 2.60. The molecule has 0 unspecified atom stereocenters. The van der Waals surface area contributed by atoms with Gasteiger partial charge in [0.1, 0.15) is 17.3 Å². The molecular formula is C14H7Cl2N5O2. The first kappa shape index (κ1) is 15.1. The van der Waals surface area contributed by atoms with Crippen LogP contribution in [0.15, 0.2) is 27.8 Å². The van der Waals surface area contributed by atoms with Gasteiger partial charge in [-0.05, 0) is 12.1 Å². The van der Waals surface area contributed by atoms with Crippen molar-refractivity contribution >= 4 is 40.2 Å². The number of rotatable bonds is 1. The van der Waals surface area contributed by atoms with Crippen molar-refractivity contribution in [3.8, 4) is 17.2 Å². The average Bonchev–Trinajstić information content (AvgIpc) is 2.45. The maximum atomic E-state index is 12.3. The Morgan fingerprint density at radius 2 is 1.91 bits per heavy atom. The Labute approximate surface area is 138 Å². The van der Waals surface area contributed by atoms with Crippen molar-refractivity contribution in [1.82, 2.24) is 15.0 Å². The molecule has 23 heavy (non-hydrogen) atoms. The number of fused-ring (bicyclic) bond motifs is 1. The number of aromatic nitrogens is 3. The Hall–Kier alpha value is -2.82. The zero-order chi connectivity index (χ0) is 16.7. The lowest BCUT2D eigenvalue weighted by Crippen LogP contribution is -2.20. The zero-order valence-corrected chi connectivity index (χ0v) is 12.8. The number of nitrogens with two attached hydrogens (primary N) is 1. The maximum Gasteiger partial charge on any atom is 0.268 e. The number of nitrogens with zero attached hydrogens (tertiary/aromatic N) is 2. The summed E-state index contributed by atoms with van der Waals surface area (Å²) in [5, 5.41) is 9.90. The molecule has 0 bridgehead atoms. The third-order valence-electron chi connectivity index (χ3n) is 3.21. The van der Waals surface area contributed by atoms with Crippen molar-refractivity contribution in [3.63, 3.8) is 0 Å². The number of H-pyrrole nitrogens is 2. The number of benzene rings is 1. The SMILES string of the molecule is N#Cc1c(-c2ccc(Cl)cc2Cl)c2c(=O)[nH]c(N)nc2[nH]c1=O. The van der Waals surface area contributed by atoms with E-state index in [-0.39, 0.29) is 33.1 Å². The van der Waals surface area contributed by atoms with Gasteiger partial charge in [-0.3, -0.25) is 14.6 Å². The standard InChI is InChI=1S/C14H7Cl2N5O2/c15-5-1-2-6(8(16)3-5)9-7(4-17)12(22)19-11-10(9)13(23)21-14(18)20-11/h1-3H,(H4,18,19,20,21,22,23). The largest absolute Gasteiger partial charge is 0.369 e.